The first-order chi connectivity index (χ1) is 8.15. The summed E-state index contributed by atoms with van der Waals surface area (Å²) in [6.07, 6.45) is 2.41. The fraction of sp³-hybridized carbons (Fsp3) is 0.818. The molecule has 0 aromatic heterocycles. The highest BCUT2D eigenvalue weighted by Crippen LogP contribution is 1.98. The first-order valence-corrected chi connectivity index (χ1v) is 6.00. The lowest BCUT2D eigenvalue weighted by atomic mass is 10.1. The van der Waals surface area contributed by atoms with E-state index in [1.807, 2.05) is 6.92 Å². The van der Waals surface area contributed by atoms with Gasteiger partial charge in [-0.1, -0.05) is 13.3 Å². The van der Waals surface area contributed by atoms with Crippen molar-refractivity contribution in [3.05, 3.63) is 0 Å². The third-order valence-electron chi connectivity index (χ3n) is 2.28. The van der Waals surface area contributed by atoms with Crippen LogP contribution < -0.4 is 16.4 Å². The molecule has 0 aromatic carbocycles. The summed E-state index contributed by atoms with van der Waals surface area (Å²) in [5.74, 6) is -0.231. The fourth-order valence-electron chi connectivity index (χ4n) is 1.26. The summed E-state index contributed by atoms with van der Waals surface area (Å²) in [6.45, 7) is 2.87. The molecular formula is C11H23N3O3. The van der Waals surface area contributed by atoms with Gasteiger partial charge >= 0.3 is 6.09 Å². The van der Waals surface area contributed by atoms with Gasteiger partial charge in [-0.25, -0.2) is 4.79 Å². The number of likely N-dealkylation sites (N-methyl/N-ethyl adjacent to an activating group) is 1. The molecule has 0 aromatic rings. The maximum absolute atomic E-state index is 11.5. The number of hydrogen-bond donors (Lipinski definition) is 3. The second-order valence-electron chi connectivity index (χ2n) is 3.73. The van der Waals surface area contributed by atoms with Gasteiger partial charge in [0, 0.05) is 7.05 Å². The Balaban J connectivity index is 4.03. The molecule has 0 heterocycles. The van der Waals surface area contributed by atoms with E-state index in [0.29, 0.717) is 26.0 Å². The molecule has 0 spiro atoms. The van der Waals surface area contributed by atoms with Crippen LogP contribution in [0.4, 0.5) is 4.79 Å². The Bertz CT molecular complexity index is 234. The molecular weight excluding hydrogens is 222 g/mol. The Morgan fingerprint density at radius 3 is 2.59 bits per heavy atom. The number of rotatable bonds is 8. The van der Waals surface area contributed by atoms with E-state index < -0.39 is 12.1 Å². The SMILES string of the molecule is CCCCOC(=O)N[C@@H](CCCN)C(=O)NC. The van der Waals surface area contributed by atoms with Gasteiger partial charge in [0.2, 0.25) is 5.91 Å². The summed E-state index contributed by atoms with van der Waals surface area (Å²) < 4.78 is 4.93. The highest BCUT2D eigenvalue weighted by Gasteiger charge is 2.19. The zero-order valence-corrected chi connectivity index (χ0v) is 10.6. The molecule has 4 N–H and O–H groups in total. The lowest BCUT2D eigenvalue weighted by molar-refractivity contribution is -0.122. The number of nitrogens with one attached hydrogen (secondary N) is 2. The Labute approximate surface area is 102 Å². The number of hydrogen-bond acceptors (Lipinski definition) is 4. The lowest BCUT2D eigenvalue weighted by Crippen LogP contribution is -2.46. The highest BCUT2D eigenvalue weighted by atomic mass is 16.5. The zero-order chi connectivity index (χ0) is 13.1. The molecule has 0 aliphatic heterocycles. The highest BCUT2D eigenvalue weighted by molar-refractivity contribution is 5.85. The normalized spacial score (nSPS) is 11.7. The van der Waals surface area contributed by atoms with Gasteiger partial charge in [0.15, 0.2) is 0 Å². The minimum atomic E-state index is -0.572. The quantitative estimate of drug-likeness (QED) is 0.538. The van der Waals surface area contributed by atoms with E-state index >= 15 is 0 Å². The Morgan fingerprint density at radius 2 is 2.06 bits per heavy atom. The number of nitrogens with two attached hydrogens (primary N) is 1. The number of unbranched alkanes of at least 4 members (excludes halogenated alkanes) is 1. The van der Waals surface area contributed by atoms with Crippen LogP contribution in [0, 0.1) is 0 Å². The van der Waals surface area contributed by atoms with Crippen molar-refractivity contribution >= 4 is 12.0 Å². The minimum absolute atomic E-state index is 0.231. The molecule has 0 saturated carbocycles. The first-order valence-electron chi connectivity index (χ1n) is 6.00. The van der Waals surface area contributed by atoms with Crippen LogP contribution in [0.3, 0.4) is 0 Å². The molecule has 2 amide bonds. The number of carbonyl (C=O) groups is 2. The maximum Gasteiger partial charge on any atom is 0.407 e. The predicted molar refractivity (Wildman–Crippen MR) is 65.5 cm³/mol. The van der Waals surface area contributed by atoms with Crippen molar-refractivity contribution in [1.29, 1.82) is 0 Å². The summed E-state index contributed by atoms with van der Waals surface area (Å²) in [7, 11) is 1.53. The van der Waals surface area contributed by atoms with E-state index in [1.54, 1.807) is 0 Å². The minimum Gasteiger partial charge on any atom is -0.450 e. The van der Waals surface area contributed by atoms with E-state index in [9.17, 15) is 9.59 Å². The van der Waals surface area contributed by atoms with Gasteiger partial charge in [0.25, 0.3) is 0 Å². The molecule has 1 atom stereocenters. The molecule has 0 bridgehead atoms. The Morgan fingerprint density at radius 1 is 1.35 bits per heavy atom. The van der Waals surface area contributed by atoms with Crippen LogP contribution in [0.2, 0.25) is 0 Å². The summed E-state index contributed by atoms with van der Waals surface area (Å²) in [5.41, 5.74) is 5.37. The monoisotopic (exact) mass is 245 g/mol. The van der Waals surface area contributed by atoms with Gasteiger partial charge in [0.1, 0.15) is 6.04 Å². The summed E-state index contributed by atoms with van der Waals surface area (Å²) in [4.78, 5) is 22.8. The van der Waals surface area contributed by atoms with Gasteiger partial charge in [-0.05, 0) is 25.8 Å². The van der Waals surface area contributed by atoms with Gasteiger partial charge in [0.05, 0.1) is 6.61 Å². The van der Waals surface area contributed by atoms with E-state index in [4.69, 9.17) is 10.5 Å². The third kappa shape index (κ3) is 7.57. The first kappa shape index (κ1) is 15.7. The number of carbonyl (C=O) groups excluding carboxylic acids is 2. The van der Waals surface area contributed by atoms with Crippen molar-refractivity contribution in [2.75, 3.05) is 20.2 Å². The van der Waals surface area contributed by atoms with Crippen molar-refractivity contribution in [2.24, 2.45) is 5.73 Å². The van der Waals surface area contributed by atoms with Gasteiger partial charge in [-0.2, -0.15) is 0 Å². The van der Waals surface area contributed by atoms with Crippen LogP contribution in [-0.4, -0.2) is 38.2 Å². The molecule has 17 heavy (non-hydrogen) atoms. The summed E-state index contributed by atoms with van der Waals surface area (Å²) in [5, 5.41) is 5.03. The number of alkyl carbamates (subject to hydrolysis) is 1. The third-order valence-corrected chi connectivity index (χ3v) is 2.28. The Kier molecular flexibility index (Phi) is 9.14. The van der Waals surface area contributed by atoms with Crippen molar-refractivity contribution in [3.63, 3.8) is 0 Å². The van der Waals surface area contributed by atoms with E-state index in [0.717, 1.165) is 12.8 Å². The van der Waals surface area contributed by atoms with Crippen LogP contribution in [0.5, 0.6) is 0 Å². The van der Waals surface area contributed by atoms with Crippen molar-refractivity contribution in [1.82, 2.24) is 10.6 Å². The lowest BCUT2D eigenvalue weighted by Gasteiger charge is -2.16. The smallest absolute Gasteiger partial charge is 0.407 e. The standard InChI is InChI=1S/C11H23N3O3/c1-3-4-8-17-11(16)14-9(6-5-7-12)10(15)13-2/h9H,3-8,12H2,1-2H3,(H,13,15)(H,14,16)/t9-/m0/s1. The molecule has 100 valence electrons. The summed E-state index contributed by atoms with van der Waals surface area (Å²) >= 11 is 0. The van der Waals surface area contributed by atoms with Crippen molar-refractivity contribution in [3.8, 4) is 0 Å². The van der Waals surface area contributed by atoms with Crippen LogP contribution >= 0.6 is 0 Å². The van der Waals surface area contributed by atoms with Crippen LogP contribution in [0.25, 0.3) is 0 Å². The molecule has 0 saturated heterocycles. The molecule has 0 aliphatic rings. The Hall–Kier alpha value is -1.30. The van der Waals surface area contributed by atoms with Gasteiger partial charge in [-0.3, -0.25) is 4.79 Å². The zero-order valence-electron chi connectivity index (χ0n) is 10.6. The average Bonchev–Trinajstić information content (AvgIpc) is 2.33. The van der Waals surface area contributed by atoms with Gasteiger partial charge < -0.3 is 21.1 Å². The maximum atomic E-state index is 11.5. The number of amides is 2. The molecule has 0 aliphatic carbocycles. The van der Waals surface area contributed by atoms with Crippen molar-refractivity contribution < 1.29 is 14.3 Å². The molecule has 0 unspecified atom stereocenters. The van der Waals surface area contributed by atoms with Gasteiger partial charge in [-0.15, -0.1) is 0 Å². The molecule has 0 rings (SSSR count). The summed E-state index contributed by atoms with van der Waals surface area (Å²) in [6, 6.07) is -0.572. The predicted octanol–water partition coefficient (Wildman–Crippen LogP) is 0.366. The molecule has 6 nitrogen and oxygen atoms in total. The average molecular weight is 245 g/mol. The van der Waals surface area contributed by atoms with E-state index in [1.165, 1.54) is 7.05 Å². The molecule has 0 fully saturated rings. The van der Waals surface area contributed by atoms with Crippen LogP contribution in [0.1, 0.15) is 32.6 Å². The molecule has 6 heteroatoms. The van der Waals surface area contributed by atoms with E-state index in [-0.39, 0.29) is 5.91 Å². The molecule has 0 radical (unpaired) electrons. The van der Waals surface area contributed by atoms with Crippen molar-refractivity contribution in [2.45, 2.75) is 38.6 Å². The second kappa shape index (κ2) is 9.89. The van der Waals surface area contributed by atoms with Crippen LogP contribution in [0.15, 0.2) is 0 Å². The van der Waals surface area contributed by atoms with E-state index in [2.05, 4.69) is 10.6 Å². The number of ether oxygens (including phenoxy) is 1. The van der Waals surface area contributed by atoms with Crippen LogP contribution in [-0.2, 0) is 9.53 Å². The fourth-order valence-corrected chi connectivity index (χ4v) is 1.26. The topological polar surface area (TPSA) is 93.4 Å². The second-order valence-corrected chi connectivity index (χ2v) is 3.73. The largest absolute Gasteiger partial charge is 0.450 e.